The van der Waals surface area contributed by atoms with E-state index in [4.69, 9.17) is 14.2 Å². The fraction of sp³-hybridized carbons (Fsp3) is 0.400. The maximum absolute atomic E-state index is 12.1. The highest BCUT2D eigenvalue weighted by atomic mass is 16.7. The van der Waals surface area contributed by atoms with Crippen LogP contribution in [0.2, 0.25) is 0 Å². The summed E-state index contributed by atoms with van der Waals surface area (Å²) in [5.74, 6) is -1.71. The molecule has 0 spiro atoms. The molecule has 1 heterocycles. The molecule has 0 N–H and O–H groups in total. The lowest BCUT2D eigenvalue weighted by molar-refractivity contribution is -0.194. The summed E-state index contributed by atoms with van der Waals surface area (Å²) in [6.45, 7) is 2.73. The van der Waals surface area contributed by atoms with E-state index in [1.165, 1.54) is 21.3 Å². The summed E-state index contributed by atoms with van der Waals surface area (Å²) in [6, 6.07) is 7.69. The minimum Gasteiger partial charge on any atom is -0.465 e. The van der Waals surface area contributed by atoms with Crippen LogP contribution in [0, 0.1) is 0 Å². The molecule has 0 fully saturated rings. The van der Waals surface area contributed by atoms with Crippen LogP contribution < -0.4 is 4.90 Å². The van der Waals surface area contributed by atoms with Gasteiger partial charge in [0.1, 0.15) is 5.57 Å². The van der Waals surface area contributed by atoms with Gasteiger partial charge < -0.3 is 19.1 Å². The molecule has 0 saturated carbocycles. The molecular weight excluding hydrogens is 258 g/mol. The first kappa shape index (κ1) is 14.6. The number of hydrogen-bond acceptors (Lipinski definition) is 5. The number of ether oxygens (including phenoxy) is 3. The Hall–Kier alpha value is -1.85. The fourth-order valence-corrected chi connectivity index (χ4v) is 2.54. The maximum atomic E-state index is 12.1. The number of benzene rings is 1. The van der Waals surface area contributed by atoms with Crippen molar-refractivity contribution in [2.45, 2.75) is 12.7 Å². The molecule has 20 heavy (non-hydrogen) atoms. The molecule has 0 aromatic heterocycles. The third-order valence-corrected chi connectivity index (χ3v) is 3.53. The van der Waals surface area contributed by atoms with Gasteiger partial charge in [-0.1, -0.05) is 18.2 Å². The normalized spacial score (nSPS) is 16.4. The van der Waals surface area contributed by atoms with Crippen molar-refractivity contribution < 1.29 is 19.0 Å². The van der Waals surface area contributed by atoms with E-state index in [0.717, 1.165) is 17.8 Å². The average molecular weight is 277 g/mol. The topological polar surface area (TPSA) is 48.0 Å². The summed E-state index contributed by atoms with van der Waals surface area (Å²) < 4.78 is 16.0. The van der Waals surface area contributed by atoms with E-state index in [2.05, 4.69) is 0 Å². The molecule has 2 rings (SSSR count). The van der Waals surface area contributed by atoms with Gasteiger partial charge in [-0.25, -0.2) is 4.79 Å². The molecule has 0 amide bonds. The SMILES string of the molecule is CCN1C=C(C(=O)OC)C(OC)(OC)c2ccccc21. The lowest BCUT2D eigenvalue weighted by atomic mass is 9.92. The maximum Gasteiger partial charge on any atom is 0.341 e. The van der Waals surface area contributed by atoms with E-state index < -0.39 is 11.8 Å². The Labute approximate surface area is 118 Å². The molecule has 108 valence electrons. The highest BCUT2D eigenvalue weighted by Crippen LogP contribution is 2.43. The van der Waals surface area contributed by atoms with Crippen molar-refractivity contribution in [3.8, 4) is 0 Å². The van der Waals surface area contributed by atoms with Crippen molar-refractivity contribution in [2.24, 2.45) is 0 Å². The predicted molar refractivity (Wildman–Crippen MR) is 75.3 cm³/mol. The van der Waals surface area contributed by atoms with Crippen LogP contribution in [0.1, 0.15) is 12.5 Å². The van der Waals surface area contributed by atoms with Crippen molar-refractivity contribution in [1.82, 2.24) is 0 Å². The van der Waals surface area contributed by atoms with Crippen LogP contribution in [0.4, 0.5) is 5.69 Å². The third-order valence-electron chi connectivity index (χ3n) is 3.53. The number of anilines is 1. The Balaban J connectivity index is 2.69. The minimum atomic E-state index is -1.24. The molecule has 0 atom stereocenters. The number of rotatable bonds is 4. The number of nitrogens with zero attached hydrogens (tertiary/aromatic N) is 1. The zero-order chi connectivity index (χ0) is 14.8. The van der Waals surface area contributed by atoms with Gasteiger partial charge in [0, 0.05) is 38.2 Å². The van der Waals surface area contributed by atoms with E-state index in [1.54, 1.807) is 6.20 Å². The summed E-state index contributed by atoms with van der Waals surface area (Å²) in [7, 11) is 4.37. The molecule has 0 bridgehead atoms. The molecular formula is C15H19NO4. The average Bonchev–Trinajstić information content (AvgIpc) is 2.52. The van der Waals surface area contributed by atoms with Gasteiger partial charge in [-0.05, 0) is 13.0 Å². The van der Waals surface area contributed by atoms with Crippen LogP contribution in [0.25, 0.3) is 0 Å². The Bertz CT molecular complexity index is 534. The van der Waals surface area contributed by atoms with Gasteiger partial charge >= 0.3 is 5.97 Å². The number of esters is 1. The Morgan fingerprint density at radius 1 is 1.20 bits per heavy atom. The van der Waals surface area contributed by atoms with Gasteiger partial charge in [0.05, 0.1) is 7.11 Å². The van der Waals surface area contributed by atoms with Gasteiger partial charge in [-0.2, -0.15) is 0 Å². The predicted octanol–water partition coefficient (Wildman–Crippen LogP) is 2.03. The largest absolute Gasteiger partial charge is 0.465 e. The summed E-state index contributed by atoms with van der Waals surface area (Å²) in [5.41, 5.74) is 2.06. The quantitative estimate of drug-likeness (QED) is 0.622. The number of carbonyl (C=O) groups excluding carboxylic acids is 1. The molecule has 1 aromatic carbocycles. The van der Waals surface area contributed by atoms with Crippen LogP contribution in [0.5, 0.6) is 0 Å². The zero-order valence-electron chi connectivity index (χ0n) is 12.2. The highest BCUT2D eigenvalue weighted by Gasteiger charge is 2.46. The summed E-state index contributed by atoms with van der Waals surface area (Å²) in [5, 5.41) is 0. The Morgan fingerprint density at radius 2 is 1.85 bits per heavy atom. The second-order valence-corrected chi connectivity index (χ2v) is 4.36. The van der Waals surface area contributed by atoms with Crippen molar-refractivity contribution >= 4 is 11.7 Å². The van der Waals surface area contributed by atoms with Crippen LogP contribution in [0.3, 0.4) is 0 Å². The molecule has 0 aliphatic carbocycles. The van der Waals surface area contributed by atoms with Crippen LogP contribution in [0.15, 0.2) is 36.0 Å². The molecule has 1 aliphatic rings. The minimum absolute atomic E-state index is 0.325. The van der Waals surface area contributed by atoms with Crippen LogP contribution >= 0.6 is 0 Å². The first-order valence-corrected chi connectivity index (χ1v) is 6.41. The van der Waals surface area contributed by atoms with E-state index in [-0.39, 0.29) is 0 Å². The Morgan fingerprint density at radius 3 is 2.40 bits per heavy atom. The van der Waals surface area contributed by atoms with Crippen molar-refractivity contribution in [3.63, 3.8) is 0 Å². The van der Waals surface area contributed by atoms with E-state index >= 15 is 0 Å². The fourth-order valence-electron chi connectivity index (χ4n) is 2.54. The number of para-hydroxylation sites is 1. The third kappa shape index (κ3) is 1.99. The first-order valence-electron chi connectivity index (χ1n) is 6.41. The van der Waals surface area contributed by atoms with Crippen molar-refractivity contribution in [1.29, 1.82) is 0 Å². The standard InChI is InChI=1S/C15H19NO4/c1-5-16-10-12(14(17)18-2)15(19-3,20-4)11-8-6-7-9-13(11)16/h6-10H,5H2,1-4H3. The highest BCUT2D eigenvalue weighted by molar-refractivity contribution is 5.93. The number of methoxy groups -OCH3 is 3. The molecule has 5 nitrogen and oxygen atoms in total. The monoisotopic (exact) mass is 277 g/mol. The molecule has 0 unspecified atom stereocenters. The smallest absolute Gasteiger partial charge is 0.341 e. The lowest BCUT2D eigenvalue weighted by Crippen LogP contribution is -2.42. The summed E-state index contributed by atoms with van der Waals surface area (Å²) >= 11 is 0. The number of fused-ring (bicyclic) bond motifs is 1. The second kappa shape index (κ2) is 5.64. The summed E-state index contributed by atoms with van der Waals surface area (Å²) in [4.78, 5) is 14.1. The summed E-state index contributed by atoms with van der Waals surface area (Å²) in [6.07, 6.45) is 1.72. The zero-order valence-corrected chi connectivity index (χ0v) is 12.2. The molecule has 1 aliphatic heterocycles. The van der Waals surface area contributed by atoms with Crippen LogP contribution in [-0.4, -0.2) is 33.8 Å². The van der Waals surface area contributed by atoms with Gasteiger partial charge in [0.2, 0.25) is 5.79 Å². The van der Waals surface area contributed by atoms with Gasteiger partial charge in [0.25, 0.3) is 0 Å². The molecule has 0 radical (unpaired) electrons. The van der Waals surface area contributed by atoms with E-state index in [1.807, 2.05) is 36.1 Å². The second-order valence-electron chi connectivity index (χ2n) is 4.36. The number of hydrogen-bond donors (Lipinski definition) is 0. The Kier molecular flexibility index (Phi) is 4.11. The van der Waals surface area contributed by atoms with Gasteiger partial charge in [-0.15, -0.1) is 0 Å². The lowest BCUT2D eigenvalue weighted by Gasteiger charge is -2.40. The first-order chi connectivity index (χ1) is 9.64. The van der Waals surface area contributed by atoms with Gasteiger partial charge in [0.15, 0.2) is 0 Å². The molecule has 5 heteroatoms. The van der Waals surface area contributed by atoms with Crippen molar-refractivity contribution in [3.05, 3.63) is 41.6 Å². The van der Waals surface area contributed by atoms with E-state index in [0.29, 0.717) is 5.57 Å². The van der Waals surface area contributed by atoms with Gasteiger partial charge in [-0.3, -0.25) is 0 Å². The van der Waals surface area contributed by atoms with Crippen LogP contribution in [-0.2, 0) is 24.8 Å². The van der Waals surface area contributed by atoms with E-state index in [9.17, 15) is 4.79 Å². The van der Waals surface area contributed by atoms with Crippen molar-refractivity contribution in [2.75, 3.05) is 32.8 Å². The molecule has 1 aromatic rings. The molecule has 0 saturated heterocycles. The number of carbonyl (C=O) groups is 1.